The van der Waals surface area contributed by atoms with Gasteiger partial charge in [0.05, 0.1) is 16.4 Å². The predicted molar refractivity (Wildman–Crippen MR) is 114 cm³/mol. The Morgan fingerprint density at radius 3 is 2.83 bits per heavy atom. The number of halogens is 1. The Hall–Kier alpha value is -3.12. The average Bonchev–Trinajstić information content (AvgIpc) is 2.71. The van der Waals surface area contributed by atoms with Gasteiger partial charge in [-0.25, -0.2) is 0 Å². The van der Waals surface area contributed by atoms with Crippen molar-refractivity contribution < 1.29 is 14.3 Å². The third-order valence-electron chi connectivity index (χ3n) is 4.31. The molecule has 6 nitrogen and oxygen atoms in total. The monoisotopic (exact) mass is 411 g/mol. The summed E-state index contributed by atoms with van der Waals surface area (Å²) in [6, 6.07) is 9.44. The van der Waals surface area contributed by atoms with Crippen LogP contribution in [0.5, 0.6) is 5.75 Å². The van der Waals surface area contributed by atoms with Crippen molar-refractivity contribution in [1.82, 2.24) is 9.88 Å². The molecule has 0 radical (unpaired) electrons. The van der Waals surface area contributed by atoms with Crippen molar-refractivity contribution in [3.05, 3.63) is 70.7 Å². The second-order valence-electron chi connectivity index (χ2n) is 6.86. The van der Waals surface area contributed by atoms with Crippen LogP contribution >= 0.6 is 11.6 Å². The second-order valence-corrected chi connectivity index (χ2v) is 7.30. The highest BCUT2D eigenvalue weighted by atomic mass is 35.5. The fourth-order valence-electron chi connectivity index (χ4n) is 3.03. The number of ether oxygens (including phenoxy) is 1. The fraction of sp³-hybridized carbons (Fsp3) is 0.227. The van der Waals surface area contributed by atoms with E-state index in [0.29, 0.717) is 30.6 Å². The zero-order valence-corrected chi connectivity index (χ0v) is 17.1. The van der Waals surface area contributed by atoms with Crippen LogP contribution in [0.1, 0.15) is 23.2 Å². The van der Waals surface area contributed by atoms with Crippen molar-refractivity contribution in [3.8, 4) is 5.75 Å². The van der Waals surface area contributed by atoms with Gasteiger partial charge in [0.2, 0.25) is 5.91 Å². The van der Waals surface area contributed by atoms with Gasteiger partial charge in [-0.2, -0.15) is 0 Å². The third-order valence-corrected chi connectivity index (χ3v) is 4.51. The quantitative estimate of drug-likeness (QED) is 0.426. The molecule has 0 atom stereocenters. The first-order valence-electron chi connectivity index (χ1n) is 9.16. The molecule has 0 spiro atoms. The molecule has 1 aromatic carbocycles. The first-order chi connectivity index (χ1) is 14.0. The first kappa shape index (κ1) is 20.6. The molecule has 2 aromatic rings. The van der Waals surface area contributed by atoms with Crippen LogP contribution in [0, 0.1) is 0 Å². The van der Waals surface area contributed by atoms with Gasteiger partial charge in [-0.05, 0) is 53.5 Å². The number of aldehydes is 1. The fourth-order valence-corrected chi connectivity index (χ4v) is 3.15. The van der Waals surface area contributed by atoms with E-state index in [0.717, 1.165) is 22.4 Å². The van der Waals surface area contributed by atoms with Gasteiger partial charge in [0.25, 0.3) is 0 Å². The summed E-state index contributed by atoms with van der Waals surface area (Å²) in [5, 5.41) is 3.01. The van der Waals surface area contributed by atoms with Crippen LogP contribution in [0.15, 0.2) is 53.8 Å². The van der Waals surface area contributed by atoms with Gasteiger partial charge in [0, 0.05) is 32.9 Å². The zero-order chi connectivity index (χ0) is 20.8. The summed E-state index contributed by atoms with van der Waals surface area (Å²) in [5.41, 5.74) is 4.02. The molecule has 2 heterocycles. The molecule has 0 saturated carbocycles. The molecule has 1 aliphatic heterocycles. The minimum absolute atomic E-state index is 0.0408. The molecule has 3 rings (SSSR count). The van der Waals surface area contributed by atoms with Crippen molar-refractivity contribution in [2.45, 2.75) is 19.4 Å². The van der Waals surface area contributed by atoms with Crippen LogP contribution in [0.4, 0.5) is 5.69 Å². The molecular weight excluding hydrogens is 390 g/mol. The molecule has 150 valence electrons. The maximum absolute atomic E-state index is 11.9. The number of aromatic nitrogens is 1. The lowest BCUT2D eigenvalue weighted by atomic mass is 9.96. The van der Waals surface area contributed by atoms with Crippen molar-refractivity contribution in [1.29, 1.82) is 0 Å². The van der Waals surface area contributed by atoms with Crippen molar-refractivity contribution >= 4 is 35.1 Å². The van der Waals surface area contributed by atoms with E-state index in [4.69, 9.17) is 16.3 Å². The normalized spacial score (nSPS) is 14.1. The minimum Gasteiger partial charge on any atom is -0.485 e. The molecule has 7 heteroatoms. The maximum Gasteiger partial charge on any atom is 0.224 e. The van der Waals surface area contributed by atoms with Crippen molar-refractivity contribution in [2.24, 2.45) is 0 Å². The number of anilines is 1. The molecule has 0 aliphatic carbocycles. The number of nitrogens with one attached hydrogen (secondary N) is 1. The molecule has 0 fully saturated rings. The molecule has 1 aromatic heterocycles. The van der Waals surface area contributed by atoms with Crippen LogP contribution in [-0.2, 0) is 22.6 Å². The Morgan fingerprint density at radius 2 is 2.14 bits per heavy atom. The summed E-state index contributed by atoms with van der Waals surface area (Å²) in [6.45, 7) is 0.268. The highest BCUT2D eigenvalue weighted by Gasteiger charge is 2.21. The lowest BCUT2D eigenvalue weighted by Crippen LogP contribution is -2.20. The van der Waals surface area contributed by atoms with E-state index in [1.807, 2.05) is 55.5 Å². The number of benzene rings is 1. The van der Waals surface area contributed by atoms with Crippen LogP contribution in [0.25, 0.3) is 5.57 Å². The SMILES string of the molecule is CN(C)/C=C(\C=C(\Cl)C=O)c1cc2c(c(OCc3ccccn3)c1)NC(=O)CC2. The summed E-state index contributed by atoms with van der Waals surface area (Å²) in [6.07, 6.45) is 6.81. The topological polar surface area (TPSA) is 71.5 Å². The molecule has 1 aliphatic rings. The van der Waals surface area contributed by atoms with Gasteiger partial charge in [-0.3, -0.25) is 14.6 Å². The number of pyridine rings is 1. The lowest BCUT2D eigenvalue weighted by molar-refractivity contribution is -0.116. The van der Waals surface area contributed by atoms with E-state index in [-0.39, 0.29) is 17.5 Å². The molecule has 1 N–H and O–H groups in total. The number of fused-ring (bicyclic) bond motifs is 1. The number of allylic oxidation sites excluding steroid dienone is 3. The summed E-state index contributed by atoms with van der Waals surface area (Å²) in [5.74, 6) is 0.511. The molecule has 0 bridgehead atoms. The number of carbonyl (C=O) groups excluding carboxylic acids is 2. The highest BCUT2D eigenvalue weighted by Crippen LogP contribution is 2.37. The molecule has 1 amide bonds. The van der Waals surface area contributed by atoms with Gasteiger partial charge >= 0.3 is 0 Å². The Bertz CT molecular complexity index is 969. The number of aryl methyl sites for hydroxylation is 1. The summed E-state index contributed by atoms with van der Waals surface area (Å²) >= 11 is 5.97. The molecule has 0 saturated heterocycles. The Kier molecular flexibility index (Phi) is 6.67. The van der Waals surface area contributed by atoms with Crippen molar-refractivity contribution in [3.63, 3.8) is 0 Å². The third kappa shape index (κ3) is 5.45. The van der Waals surface area contributed by atoms with Gasteiger partial charge < -0.3 is 15.0 Å². The lowest BCUT2D eigenvalue weighted by Gasteiger charge is -2.22. The van der Waals surface area contributed by atoms with Gasteiger partial charge in [-0.15, -0.1) is 0 Å². The predicted octanol–water partition coefficient (Wildman–Crippen LogP) is 3.77. The Balaban J connectivity index is 2.03. The number of rotatable bonds is 7. The molecular formula is C22H22ClN3O3. The molecule has 0 unspecified atom stereocenters. The highest BCUT2D eigenvalue weighted by molar-refractivity contribution is 6.39. The summed E-state index contributed by atoms with van der Waals surface area (Å²) < 4.78 is 6.02. The number of nitrogens with zero attached hydrogens (tertiary/aromatic N) is 2. The number of hydrogen-bond donors (Lipinski definition) is 1. The Morgan fingerprint density at radius 1 is 1.31 bits per heavy atom. The average molecular weight is 412 g/mol. The van der Waals surface area contributed by atoms with Gasteiger partial charge in [0.1, 0.15) is 12.4 Å². The first-order valence-corrected chi connectivity index (χ1v) is 9.54. The minimum atomic E-state index is -0.0408. The van der Waals surface area contributed by atoms with Gasteiger partial charge in [0.15, 0.2) is 6.29 Å². The number of hydrogen-bond acceptors (Lipinski definition) is 5. The number of carbonyl (C=O) groups is 2. The Labute approximate surface area is 174 Å². The zero-order valence-electron chi connectivity index (χ0n) is 16.3. The smallest absolute Gasteiger partial charge is 0.224 e. The van der Waals surface area contributed by atoms with Gasteiger partial charge in [-0.1, -0.05) is 17.7 Å². The van der Waals surface area contributed by atoms with Crippen LogP contribution < -0.4 is 10.1 Å². The van der Waals surface area contributed by atoms with Crippen LogP contribution in [0.3, 0.4) is 0 Å². The van der Waals surface area contributed by atoms with E-state index >= 15 is 0 Å². The van der Waals surface area contributed by atoms with E-state index in [1.165, 1.54) is 0 Å². The molecule has 29 heavy (non-hydrogen) atoms. The summed E-state index contributed by atoms with van der Waals surface area (Å²) in [4.78, 5) is 29.1. The number of amides is 1. The van der Waals surface area contributed by atoms with E-state index in [2.05, 4.69) is 10.3 Å². The maximum atomic E-state index is 11.9. The van der Waals surface area contributed by atoms with E-state index in [9.17, 15) is 9.59 Å². The van der Waals surface area contributed by atoms with E-state index < -0.39 is 0 Å². The largest absolute Gasteiger partial charge is 0.485 e. The van der Waals surface area contributed by atoms with Crippen molar-refractivity contribution in [2.75, 3.05) is 19.4 Å². The van der Waals surface area contributed by atoms with E-state index in [1.54, 1.807) is 12.3 Å². The second kappa shape index (κ2) is 9.39. The summed E-state index contributed by atoms with van der Waals surface area (Å²) in [7, 11) is 3.78. The standard InChI is InChI=1S/C22H22ClN3O3/c1-26(2)12-17(10-18(23)13-27)16-9-15-6-7-21(28)25-22(15)20(11-16)29-14-19-5-3-4-8-24-19/h3-5,8-13H,6-7,14H2,1-2H3,(H,25,28)/b17-12+,18-10+. The van der Waals surface area contributed by atoms with Crippen LogP contribution in [0.2, 0.25) is 0 Å². The van der Waals surface area contributed by atoms with Crippen LogP contribution in [-0.4, -0.2) is 36.2 Å².